The third-order valence-electron chi connectivity index (χ3n) is 1.66. The van der Waals surface area contributed by atoms with Gasteiger partial charge in [0, 0.05) is 5.38 Å². The zero-order chi connectivity index (χ0) is 10.7. The topological polar surface area (TPSA) is 64.9 Å². The van der Waals surface area contributed by atoms with Gasteiger partial charge in [-0.25, -0.2) is 9.97 Å². The molecule has 0 aliphatic heterocycles. The summed E-state index contributed by atoms with van der Waals surface area (Å²) in [7, 11) is 0. The number of oxazole rings is 1. The molecular formula is C9H9N3OS2. The predicted octanol–water partition coefficient (Wildman–Crippen LogP) is 2.73. The summed E-state index contributed by atoms with van der Waals surface area (Å²) in [6.45, 7) is 3.74. The van der Waals surface area contributed by atoms with Crippen LogP contribution in [0, 0.1) is 0 Å². The molecule has 2 aromatic heterocycles. The van der Waals surface area contributed by atoms with Gasteiger partial charge in [-0.05, 0) is 0 Å². The molecule has 2 aromatic rings. The molecule has 15 heavy (non-hydrogen) atoms. The lowest BCUT2D eigenvalue weighted by Gasteiger charge is -2.04. The van der Waals surface area contributed by atoms with E-state index in [1.807, 2.05) is 5.38 Å². The highest BCUT2D eigenvalue weighted by Gasteiger charge is 2.15. The molecule has 2 heterocycles. The SMILES string of the molecule is C=CC(Sc1csc(N)n1)c1ncco1. The van der Waals surface area contributed by atoms with Crippen molar-refractivity contribution in [3.05, 3.63) is 36.4 Å². The van der Waals surface area contributed by atoms with E-state index in [1.54, 1.807) is 18.5 Å². The Kier molecular flexibility index (Phi) is 3.08. The van der Waals surface area contributed by atoms with Crippen LogP contribution in [0.25, 0.3) is 0 Å². The molecule has 0 aliphatic carbocycles. The normalized spacial score (nSPS) is 12.5. The summed E-state index contributed by atoms with van der Waals surface area (Å²) in [6, 6.07) is 0. The van der Waals surface area contributed by atoms with Gasteiger partial charge >= 0.3 is 0 Å². The van der Waals surface area contributed by atoms with Gasteiger partial charge in [-0.2, -0.15) is 0 Å². The lowest BCUT2D eigenvalue weighted by molar-refractivity contribution is 0.506. The number of hydrogen-bond acceptors (Lipinski definition) is 6. The standard InChI is InChI=1S/C9H9N3OS2/c1-2-6(8-11-3-4-13-8)15-7-5-14-9(10)12-7/h2-6H,1H2,(H2,10,12). The lowest BCUT2D eigenvalue weighted by Crippen LogP contribution is -1.90. The second-order valence-electron chi connectivity index (χ2n) is 2.67. The molecule has 0 bridgehead atoms. The maximum absolute atomic E-state index is 5.54. The van der Waals surface area contributed by atoms with Crippen molar-refractivity contribution in [3.8, 4) is 0 Å². The third kappa shape index (κ3) is 2.40. The predicted molar refractivity (Wildman–Crippen MR) is 61.8 cm³/mol. The van der Waals surface area contributed by atoms with Gasteiger partial charge in [-0.1, -0.05) is 17.8 Å². The molecule has 2 rings (SSSR count). The molecule has 0 amide bonds. The number of thioether (sulfide) groups is 1. The number of nitrogens with two attached hydrogens (primary N) is 1. The van der Waals surface area contributed by atoms with E-state index in [4.69, 9.17) is 10.2 Å². The molecule has 78 valence electrons. The maximum atomic E-state index is 5.54. The summed E-state index contributed by atoms with van der Waals surface area (Å²) in [5.41, 5.74) is 5.54. The van der Waals surface area contributed by atoms with E-state index in [-0.39, 0.29) is 5.25 Å². The molecule has 0 fully saturated rings. The Bertz CT molecular complexity index is 438. The van der Waals surface area contributed by atoms with Crippen molar-refractivity contribution < 1.29 is 4.42 Å². The number of rotatable bonds is 4. The molecule has 0 aromatic carbocycles. The molecule has 0 aliphatic rings. The molecule has 4 nitrogen and oxygen atoms in total. The van der Waals surface area contributed by atoms with Crippen LogP contribution in [0.1, 0.15) is 11.1 Å². The molecule has 1 unspecified atom stereocenters. The monoisotopic (exact) mass is 239 g/mol. The highest BCUT2D eigenvalue weighted by Crippen LogP contribution is 2.35. The summed E-state index contributed by atoms with van der Waals surface area (Å²) >= 11 is 2.93. The average Bonchev–Trinajstić information content (AvgIpc) is 2.85. The van der Waals surface area contributed by atoms with Crippen molar-refractivity contribution in [1.82, 2.24) is 9.97 Å². The van der Waals surface area contributed by atoms with Gasteiger partial charge in [0.05, 0.1) is 6.20 Å². The highest BCUT2D eigenvalue weighted by atomic mass is 32.2. The zero-order valence-corrected chi connectivity index (χ0v) is 9.42. The first-order chi connectivity index (χ1) is 7.29. The molecule has 6 heteroatoms. The Balaban J connectivity index is 2.12. The number of nitrogens with zero attached hydrogens (tertiary/aromatic N) is 2. The Morgan fingerprint density at radius 3 is 3.07 bits per heavy atom. The first kappa shape index (κ1) is 10.3. The fourth-order valence-corrected chi connectivity index (χ4v) is 2.60. The Labute approximate surface area is 95.2 Å². The second-order valence-corrected chi connectivity index (χ2v) is 4.72. The van der Waals surface area contributed by atoms with Crippen LogP contribution in [0.4, 0.5) is 5.13 Å². The number of thiazole rings is 1. The number of hydrogen-bond donors (Lipinski definition) is 1. The smallest absolute Gasteiger partial charge is 0.211 e. The molecular weight excluding hydrogens is 230 g/mol. The van der Waals surface area contributed by atoms with E-state index in [1.165, 1.54) is 23.1 Å². The van der Waals surface area contributed by atoms with Crippen molar-refractivity contribution in [1.29, 1.82) is 0 Å². The zero-order valence-electron chi connectivity index (χ0n) is 7.79. The quantitative estimate of drug-likeness (QED) is 0.656. The summed E-state index contributed by atoms with van der Waals surface area (Å²) in [5.74, 6) is 0.626. The van der Waals surface area contributed by atoms with Crippen LogP contribution in [-0.4, -0.2) is 9.97 Å². The molecule has 0 saturated heterocycles. The molecule has 2 N–H and O–H groups in total. The first-order valence-corrected chi connectivity index (χ1v) is 5.95. The summed E-state index contributed by atoms with van der Waals surface area (Å²) < 4.78 is 5.21. The molecule has 0 spiro atoms. The molecule has 0 saturated carbocycles. The van der Waals surface area contributed by atoms with Crippen LogP contribution in [-0.2, 0) is 0 Å². The van der Waals surface area contributed by atoms with E-state index in [9.17, 15) is 0 Å². The van der Waals surface area contributed by atoms with Crippen molar-refractivity contribution >= 4 is 28.2 Å². The minimum absolute atomic E-state index is 0.0264. The van der Waals surface area contributed by atoms with Crippen LogP contribution in [0.3, 0.4) is 0 Å². The van der Waals surface area contributed by atoms with E-state index < -0.39 is 0 Å². The lowest BCUT2D eigenvalue weighted by atomic mass is 10.4. The van der Waals surface area contributed by atoms with Crippen LogP contribution < -0.4 is 5.73 Å². The van der Waals surface area contributed by atoms with E-state index in [0.717, 1.165) is 5.03 Å². The van der Waals surface area contributed by atoms with Crippen molar-refractivity contribution in [2.75, 3.05) is 5.73 Å². The van der Waals surface area contributed by atoms with Crippen LogP contribution in [0.2, 0.25) is 0 Å². The van der Waals surface area contributed by atoms with E-state index >= 15 is 0 Å². The van der Waals surface area contributed by atoms with Crippen molar-refractivity contribution in [3.63, 3.8) is 0 Å². The Morgan fingerprint density at radius 1 is 1.67 bits per heavy atom. The Morgan fingerprint density at radius 2 is 2.53 bits per heavy atom. The average molecular weight is 239 g/mol. The summed E-state index contributed by atoms with van der Waals surface area (Å²) in [4.78, 5) is 8.23. The Hall–Kier alpha value is -1.27. The van der Waals surface area contributed by atoms with Gasteiger partial charge in [0.15, 0.2) is 5.13 Å². The van der Waals surface area contributed by atoms with Crippen molar-refractivity contribution in [2.24, 2.45) is 0 Å². The highest BCUT2D eigenvalue weighted by molar-refractivity contribution is 7.99. The number of nitrogen functional groups attached to an aromatic ring is 1. The molecule has 1 atom stereocenters. The third-order valence-corrected chi connectivity index (χ3v) is 3.58. The second kappa shape index (κ2) is 4.50. The fourth-order valence-electron chi connectivity index (χ4n) is 1.03. The van der Waals surface area contributed by atoms with Gasteiger partial charge in [0.2, 0.25) is 5.89 Å². The van der Waals surface area contributed by atoms with Gasteiger partial charge in [0.25, 0.3) is 0 Å². The van der Waals surface area contributed by atoms with E-state index in [0.29, 0.717) is 11.0 Å². The minimum atomic E-state index is -0.0264. The number of anilines is 1. The van der Waals surface area contributed by atoms with Gasteiger partial charge < -0.3 is 10.2 Å². The molecule has 0 radical (unpaired) electrons. The van der Waals surface area contributed by atoms with Gasteiger partial charge in [0.1, 0.15) is 16.5 Å². The fraction of sp³-hybridized carbons (Fsp3) is 0.111. The van der Waals surface area contributed by atoms with Crippen LogP contribution >= 0.6 is 23.1 Å². The number of aromatic nitrogens is 2. The van der Waals surface area contributed by atoms with Crippen LogP contribution in [0.15, 0.2) is 39.9 Å². The van der Waals surface area contributed by atoms with Crippen molar-refractivity contribution in [2.45, 2.75) is 10.3 Å². The van der Waals surface area contributed by atoms with Crippen LogP contribution in [0.5, 0.6) is 0 Å². The largest absolute Gasteiger partial charge is 0.447 e. The maximum Gasteiger partial charge on any atom is 0.211 e. The van der Waals surface area contributed by atoms with Gasteiger partial charge in [-0.15, -0.1) is 17.9 Å². The van der Waals surface area contributed by atoms with Gasteiger partial charge in [-0.3, -0.25) is 0 Å². The summed E-state index contributed by atoms with van der Waals surface area (Å²) in [6.07, 6.45) is 4.93. The van der Waals surface area contributed by atoms with E-state index in [2.05, 4.69) is 16.5 Å². The minimum Gasteiger partial charge on any atom is -0.447 e. The first-order valence-electron chi connectivity index (χ1n) is 4.19. The summed E-state index contributed by atoms with van der Waals surface area (Å²) in [5, 5.41) is 3.30.